The van der Waals surface area contributed by atoms with E-state index in [9.17, 15) is 9.59 Å². The van der Waals surface area contributed by atoms with Crippen LogP contribution in [-0.4, -0.2) is 23.3 Å². The number of rotatable bonds is 6. The summed E-state index contributed by atoms with van der Waals surface area (Å²) in [5.41, 5.74) is 1.49. The Morgan fingerprint density at radius 2 is 1.55 bits per heavy atom. The molecule has 0 spiro atoms. The van der Waals surface area contributed by atoms with Gasteiger partial charge in [0.05, 0.1) is 0 Å². The Morgan fingerprint density at radius 3 is 2.18 bits per heavy atom. The van der Waals surface area contributed by atoms with Gasteiger partial charge in [0.25, 0.3) is 11.8 Å². The molecule has 5 heteroatoms. The van der Waals surface area contributed by atoms with Crippen LogP contribution in [0, 0.1) is 0 Å². The van der Waals surface area contributed by atoms with Crippen LogP contribution in [-0.2, 0) is 6.54 Å². The normalized spacial score (nSPS) is 10.0. The third-order valence-electron chi connectivity index (χ3n) is 3.05. The SMILES string of the molecule is CCCNC(=O)c1cccc(C(=O)NCc2ccccc2)n1. The molecule has 1 aromatic carbocycles. The average molecular weight is 297 g/mol. The fourth-order valence-corrected chi connectivity index (χ4v) is 1.89. The Kier molecular flexibility index (Phi) is 5.65. The van der Waals surface area contributed by atoms with E-state index in [-0.39, 0.29) is 23.2 Å². The average Bonchev–Trinajstić information content (AvgIpc) is 2.58. The largest absolute Gasteiger partial charge is 0.351 e. The molecule has 2 N–H and O–H groups in total. The Hall–Kier alpha value is -2.69. The third-order valence-corrected chi connectivity index (χ3v) is 3.05. The van der Waals surface area contributed by atoms with E-state index in [0.29, 0.717) is 13.1 Å². The fourth-order valence-electron chi connectivity index (χ4n) is 1.89. The van der Waals surface area contributed by atoms with Crippen LogP contribution >= 0.6 is 0 Å². The van der Waals surface area contributed by atoms with Gasteiger partial charge >= 0.3 is 0 Å². The van der Waals surface area contributed by atoms with E-state index in [1.54, 1.807) is 18.2 Å². The molecule has 1 aromatic heterocycles. The molecule has 0 aliphatic rings. The highest BCUT2D eigenvalue weighted by Gasteiger charge is 2.11. The van der Waals surface area contributed by atoms with E-state index in [4.69, 9.17) is 0 Å². The summed E-state index contributed by atoms with van der Waals surface area (Å²) in [6.45, 7) is 2.99. The summed E-state index contributed by atoms with van der Waals surface area (Å²) >= 11 is 0. The third kappa shape index (κ3) is 4.41. The van der Waals surface area contributed by atoms with Crippen molar-refractivity contribution in [2.75, 3.05) is 6.54 Å². The summed E-state index contributed by atoms with van der Waals surface area (Å²) in [6.07, 6.45) is 0.850. The van der Waals surface area contributed by atoms with E-state index in [1.807, 2.05) is 37.3 Å². The summed E-state index contributed by atoms with van der Waals surface area (Å²) in [4.78, 5) is 28.1. The first-order valence-corrected chi connectivity index (χ1v) is 7.28. The van der Waals surface area contributed by atoms with Gasteiger partial charge in [0.2, 0.25) is 0 Å². The second kappa shape index (κ2) is 7.93. The minimum absolute atomic E-state index is 0.236. The molecule has 0 radical (unpaired) electrons. The molecule has 114 valence electrons. The van der Waals surface area contributed by atoms with Crippen LogP contribution in [0.25, 0.3) is 0 Å². The molecule has 1 heterocycles. The lowest BCUT2D eigenvalue weighted by molar-refractivity contribution is 0.0942. The molecule has 22 heavy (non-hydrogen) atoms. The first-order chi connectivity index (χ1) is 10.7. The van der Waals surface area contributed by atoms with Gasteiger partial charge in [-0.1, -0.05) is 43.3 Å². The van der Waals surface area contributed by atoms with Crippen LogP contribution in [0.5, 0.6) is 0 Å². The summed E-state index contributed by atoms with van der Waals surface area (Å²) < 4.78 is 0. The lowest BCUT2D eigenvalue weighted by Crippen LogP contribution is -2.27. The molecule has 0 unspecified atom stereocenters. The molecule has 0 aliphatic carbocycles. The van der Waals surface area contributed by atoms with E-state index in [1.165, 1.54) is 0 Å². The van der Waals surface area contributed by atoms with E-state index in [0.717, 1.165) is 12.0 Å². The zero-order chi connectivity index (χ0) is 15.8. The number of aromatic nitrogens is 1. The summed E-state index contributed by atoms with van der Waals surface area (Å²) in [6, 6.07) is 14.5. The molecule has 0 bridgehead atoms. The van der Waals surface area contributed by atoms with Crippen molar-refractivity contribution < 1.29 is 9.59 Å². The smallest absolute Gasteiger partial charge is 0.270 e. The Labute approximate surface area is 129 Å². The lowest BCUT2D eigenvalue weighted by atomic mass is 10.2. The standard InChI is InChI=1S/C17H19N3O2/c1-2-11-18-16(21)14-9-6-10-15(20-14)17(22)19-12-13-7-4-3-5-8-13/h3-10H,2,11-12H2,1H3,(H,18,21)(H,19,22). The van der Waals surface area contributed by atoms with Gasteiger partial charge in [-0.2, -0.15) is 0 Å². The van der Waals surface area contributed by atoms with Crippen molar-refractivity contribution >= 4 is 11.8 Å². The quantitative estimate of drug-likeness (QED) is 0.858. The van der Waals surface area contributed by atoms with Crippen LogP contribution in [0.1, 0.15) is 39.9 Å². The van der Waals surface area contributed by atoms with Crippen molar-refractivity contribution in [3.63, 3.8) is 0 Å². The zero-order valence-electron chi connectivity index (χ0n) is 12.5. The predicted octanol–water partition coefficient (Wildman–Crippen LogP) is 2.15. The van der Waals surface area contributed by atoms with Crippen molar-refractivity contribution in [2.45, 2.75) is 19.9 Å². The molecule has 2 rings (SSSR count). The van der Waals surface area contributed by atoms with Gasteiger partial charge in [-0.05, 0) is 24.1 Å². The van der Waals surface area contributed by atoms with E-state index in [2.05, 4.69) is 15.6 Å². The molecule has 2 aromatic rings. The van der Waals surface area contributed by atoms with E-state index >= 15 is 0 Å². The first kappa shape index (κ1) is 15.7. The van der Waals surface area contributed by atoms with Crippen molar-refractivity contribution in [3.8, 4) is 0 Å². The molecule has 0 atom stereocenters. The van der Waals surface area contributed by atoms with Crippen LogP contribution in [0.3, 0.4) is 0 Å². The van der Waals surface area contributed by atoms with Crippen molar-refractivity contribution in [1.29, 1.82) is 0 Å². The van der Waals surface area contributed by atoms with Crippen LogP contribution in [0.15, 0.2) is 48.5 Å². The maximum atomic E-state index is 12.1. The Balaban J connectivity index is 1.99. The van der Waals surface area contributed by atoms with Crippen LogP contribution < -0.4 is 10.6 Å². The number of carbonyl (C=O) groups excluding carboxylic acids is 2. The highest BCUT2D eigenvalue weighted by molar-refractivity contribution is 5.96. The fraction of sp³-hybridized carbons (Fsp3) is 0.235. The Morgan fingerprint density at radius 1 is 0.909 bits per heavy atom. The number of pyridine rings is 1. The molecule has 0 fully saturated rings. The number of nitrogens with one attached hydrogen (secondary N) is 2. The zero-order valence-corrected chi connectivity index (χ0v) is 12.5. The van der Waals surface area contributed by atoms with Crippen molar-refractivity contribution in [3.05, 3.63) is 65.5 Å². The molecule has 5 nitrogen and oxygen atoms in total. The number of nitrogens with zero attached hydrogens (tertiary/aromatic N) is 1. The maximum Gasteiger partial charge on any atom is 0.270 e. The van der Waals surface area contributed by atoms with Crippen molar-refractivity contribution in [1.82, 2.24) is 15.6 Å². The minimum atomic E-state index is -0.297. The van der Waals surface area contributed by atoms with Crippen molar-refractivity contribution in [2.24, 2.45) is 0 Å². The molecule has 0 saturated heterocycles. The Bertz CT molecular complexity index is 641. The van der Waals surface area contributed by atoms with E-state index < -0.39 is 0 Å². The maximum absolute atomic E-state index is 12.1. The molecular weight excluding hydrogens is 278 g/mol. The summed E-state index contributed by atoms with van der Waals surface area (Å²) in [7, 11) is 0. The highest BCUT2D eigenvalue weighted by atomic mass is 16.2. The van der Waals surface area contributed by atoms with Crippen LogP contribution in [0.2, 0.25) is 0 Å². The number of hydrogen-bond acceptors (Lipinski definition) is 3. The molecule has 2 amide bonds. The minimum Gasteiger partial charge on any atom is -0.351 e. The van der Waals surface area contributed by atoms with Gasteiger partial charge in [-0.15, -0.1) is 0 Å². The summed E-state index contributed by atoms with van der Waals surface area (Å²) in [5, 5.41) is 5.53. The lowest BCUT2D eigenvalue weighted by Gasteiger charge is -2.07. The molecule has 0 aliphatic heterocycles. The monoisotopic (exact) mass is 297 g/mol. The summed E-state index contributed by atoms with van der Waals surface area (Å²) in [5.74, 6) is -0.562. The number of carbonyl (C=O) groups is 2. The van der Waals surface area contributed by atoms with Gasteiger partial charge in [-0.3, -0.25) is 9.59 Å². The number of benzene rings is 1. The first-order valence-electron chi connectivity index (χ1n) is 7.28. The van der Waals surface area contributed by atoms with Gasteiger partial charge in [0.15, 0.2) is 0 Å². The van der Waals surface area contributed by atoms with Gasteiger partial charge in [0.1, 0.15) is 11.4 Å². The molecule has 0 saturated carbocycles. The topological polar surface area (TPSA) is 71.1 Å². The predicted molar refractivity (Wildman–Crippen MR) is 84.5 cm³/mol. The van der Waals surface area contributed by atoms with Crippen LogP contribution in [0.4, 0.5) is 0 Å². The molecular formula is C17H19N3O2. The number of amides is 2. The van der Waals surface area contributed by atoms with Gasteiger partial charge in [0, 0.05) is 13.1 Å². The second-order valence-electron chi connectivity index (χ2n) is 4.83. The highest BCUT2D eigenvalue weighted by Crippen LogP contribution is 2.02. The van der Waals surface area contributed by atoms with Gasteiger partial charge in [-0.25, -0.2) is 4.98 Å². The number of hydrogen-bond donors (Lipinski definition) is 2. The van der Waals surface area contributed by atoms with Gasteiger partial charge < -0.3 is 10.6 Å². The second-order valence-corrected chi connectivity index (χ2v) is 4.83.